The maximum atomic E-state index is 5.80. The van der Waals surface area contributed by atoms with Crippen molar-refractivity contribution in [2.24, 2.45) is 10.9 Å². The molecule has 0 amide bonds. The minimum atomic E-state index is 0.587. The number of nitrogens with zero attached hydrogens (tertiary/aromatic N) is 2. The first-order valence-electron chi connectivity index (χ1n) is 10.7. The summed E-state index contributed by atoms with van der Waals surface area (Å²) < 4.78 is 17.3. The van der Waals surface area contributed by atoms with Crippen LogP contribution in [0.3, 0.4) is 0 Å². The SMILES string of the molecule is Cc1ncc(CN=C(NCCCOCC2CC2)Nc2ccc3c(c2)OCCCO3)s1. The van der Waals surface area contributed by atoms with E-state index in [1.807, 2.05) is 31.3 Å². The molecule has 1 aliphatic carbocycles. The number of nitrogens with one attached hydrogen (secondary N) is 2. The van der Waals surface area contributed by atoms with Crippen molar-refractivity contribution in [3.63, 3.8) is 0 Å². The van der Waals surface area contributed by atoms with Gasteiger partial charge in [0.1, 0.15) is 0 Å². The van der Waals surface area contributed by atoms with Gasteiger partial charge in [-0.25, -0.2) is 9.98 Å². The molecule has 2 aromatic rings. The molecule has 0 bridgehead atoms. The number of hydrogen-bond acceptors (Lipinski definition) is 6. The fourth-order valence-electron chi connectivity index (χ4n) is 3.07. The number of anilines is 1. The number of thiazole rings is 1. The van der Waals surface area contributed by atoms with E-state index in [0.29, 0.717) is 19.8 Å². The summed E-state index contributed by atoms with van der Waals surface area (Å²) in [5.41, 5.74) is 0.913. The zero-order chi connectivity index (χ0) is 20.6. The van der Waals surface area contributed by atoms with E-state index in [9.17, 15) is 0 Å². The molecule has 0 saturated heterocycles. The molecular formula is C22H30N4O3S. The molecule has 2 aliphatic rings. The van der Waals surface area contributed by atoms with Crippen LogP contribution in [0.15, 0.2) is 29.4 Å². The maximum absolute atomic E-state index is 5.80. The fourth-order valence-corrected chi connectivity index (χ4v) is 3.79. The normalized spacial score (nSPS) is 16.2. The van der Waals surface area contributed by atoms with Gasteiger partial charge in [0.2, 0.25) is 0 Å². The summed E-state index contributed by atoms with van der Waals surface area (Å²) in [6, 6.07) is 5.90. The molecule has 1 aromatic heterocycles. The van der Waals surface area contributed by atoms with E-state index < -0.39 is 0 Å². The Morgan fingerprint density at radius 1 is 1.27 bits per heavy atom. The summed E-state index contributed by atoms with van der Waals surface area (Å²) in [4.78, 5) is 10.2. The van der Waals surface area contributed by atoms with Gasteiger partial charge in [0.05, 0.1) is 24.8 Å². The number of benzene rings is 1. The third kappa shape index (κ3) is 6.60. The average Bonchev–Trinajstić information content (AvgIpc) is 3.52. The van der Waals surface area contributed by atoms with Gasteiger partial charge in [0.25, 0.3) is 0 Å². The highest BCUT2D eigenvalue weighted by molar-refractivity contribution is 7.11. The van der Waals surface area contributed by atoms with Gasteiger partial charge in [-0.3, -0.25) is 0 Å². The van der Waals surface area contributed by atoms with E-state index in [1.165, 1.54) is 12.8 Å². The minimum absolute atomic E-state index is 0.587. The number of aryl methyl sites for hydroxylation is 1. The summed E-state index contributed by atoms with van der Waals surface area (Å²) in [5.74, 6) is 3.10. The molecule has 7 nitrogen and oxygen atoms in total. The van der Waals surface area contributed by atoms with Crippen molar-refractivity contribution >= 4 is 23.0 Å². The second-order valence-electron chi connectivity index (χ2n) is 7.65. The molecule has 0 radical (unpaired) electrons. The minimum Gasteiger partial charge on any atom is -0.490 e. The van der Waals surface area contributed by atoms with Crippen molar-refractivity contribution in [1.29, 1.82) is 0 Å². The van der Waals surface area contributed by atoms with Gasteiger partial charge < -0.3 is 24.8 Å². The Hall–Kier alpha value is -2.32. The Kier molecular flexibility index (Phi) is 7.42. The lowest BCUT2D eigenvalue weighted by Crippen LogP contribution is -2.32. The number of aromatic nitrogens is 1. The van der Waals surface area contributed by atoms with Crippen LogP contribution in [0.25, 0.3) is 0 Å². The van der Waals surface area contributed by atoms with E-state index in [1.54, 1.807) is 11.3 Å². The van der Waals surface area contributed by atoms with Crippen molar-refractivity contribution in [3.05, 3.63) is 34.3 Å². The van der Waals surface area contributed by atoms with Crippen molar-refractivity contribution < 1.29 is 14.2 Å². The van der Waals surface area contributed by atoms with Crippen LogP contribution in [0, 0.1) is 12.8 Å². The summed E-state index contributed by atoms with van der Waals surface area (Å²) in [6.07, 6.45) is 6.37. The Balaban J connectivity index is 1.35. The molecule has 4 rings (SSSR count). The Labute approximate surface area is 181 Å². The van der Waals surface area contributed by atoms with Gasteiger partial charge in [-0.1, -0.05) is 0 Å². The van der Waals surface area contributed by atoms with E-state index in [2.05, 4.69) is 15.6 Å². The Morgan fingerprint density at radius 2 is 2.13 bits per heavy atom. The maximum Gasteiger partial charge on any atom is 0.196 e. The monoisotopic (exact) mass is 430 g/mol. The fraction of sp³-hybridized carbons (Fsp3) is 0.545. The molecule has 2 heterocycles. The molecule has 1 fully saturated rings. The number of aliphatic imine (C=N–C) groups is 1. The van der Waals surface area contributed by atoms with E-state index in [0.717, 1.165) is 71.5 Å². The highest BCUT2D eigenvalue weighted by atomic mass is 32.1. The molecule has 0 unspecified atom stereocenters. The number of fused-ring (bicyclic) bond motifs is 1. The molecule has 2 N–H and O–H groups in total. The smallest absolute Gasteiger partial charge is 0.196 e. The Bertz CT molecular complexity index is 851. The number of ether oxygens (including phenoxy) is 3. The third-order valence-electron chi connectivity index (χ3n) is 4.88. The molecule has 0 atom stereocenters. The van der Waals surface area contributed by atoms with Crippen LogP contribution in [0.5, 0.6) is 11.5 Å². The van der Waals surface area contributed by atoms with Gasteiger partial charge in [-0.15, -0.1) is 11.3 Å². The van der Waals surface area contributed by atoms with E-state index in [-0.39, 0.29) is 0 Å². The topological polar surface area (TPSA) is 77.0 Å². The molecule has 30 heavy (non-hydrogen) atoms. The lowest BCUT2D eigenvalue weighted by molar-refractivity contribution is 0.123. The molecule has 1 aromatic carbocycles. The number of guanidine groups is 1. The standard InChI is InChI=1S/C22H30N4O3S/c1-16-24-13-19(30-16)14-25-22(23-8-2-9-27-15-17-4-5-17)26-18-6-7-20-21(12-18)29-11-3-10-28-20/h6-7,12-13,17H,2-5,8-11,14-15H2,1H3,(H2,23,25,26). The summed E-state index contributed by atoms with van der Waals surface area (Å²) in [6.45, 7) is 6.42. The van der Waals surface area contributed by atoms with Crippen molar-refractivity contribution in [3.8, 4) is 11.5 Å². The first-order chi connectivity index (χ1) is 14.8. The van der Waals surface area contributed by atoms with Crippen molar-refractivity contribution in [1.82, 2.24) is 10.3 Å². The van der Waals surface area contributed by atoms with E-state index >= 15 is 0 Å². The first-order valence-corrected chi connectivity index (χ1v) is 11.5. The quantitative estimate of drug-likeness (QED) is 0.356. The highest BCUT2D eigenvalue weighted by Crippen LogP contribution is 2.32. The highest BCUT2D eigenvalue weighted by Gasteiger charge is 2.20. The van der Waals surface area contributed by atoms with Gasteiger partial charge >= 0.3 is 0 Å². The molecule has 162 valence electrons. The lowest BCUT2D eigenvalue weighted by Gasteiger charge is -2.14. The van der Waals surface area contributed by atoms with Gasteiger partial charge in [-0.05, 0) is 44.2 Å². The molecule has 1 saturated carbocycles. The summed E-state index contributed by atoms with van der Waals surface area (Å²) in [5, 5.41) is 7.86. The zero-order valence-electron chi connectivity index (χ0n) is 17.5. The van der Waals surface area contributed by atoms with Crippen LogP contribution < -0.4 is 20.1 Å². The number of hydrogen-bond donors (Lipinski definition) is 2. The Morgan fingerprint density at radius 3 is 2.93 bits per heavy atom. The molecule has 1 aliphatic heterocycles. The first kappa shape index (κ1) is 20.9. The lowest BCUT2D eigenvalue weighted by atomic mass is 10.2. The average molecular weight is 431 g/mol. The van der Waals surface area contributed by atoms with Crippen LogP contribution in [0.2, 0.25) is 0 Å². The second kappa shape index (κ2) is 10.6. The van der Waals surface area contributed by atoms with Crippen molar-refractivity contribution in [2.45, 2.75) is 39.2 Å². The van der Waals surface area contributed by atoms with Crippen LogP contribution in [0.4, 0.5) is 5.69 Å². The molecule has 0 spiro atoms. The zero-order valence-corrected chi connectivity index (χ0v) is 18.3. The van der Waals surface area contributed by atoms with Crippen LogP contribution in [0.1, 0.15) is 35.6 Å². The van der Waals surface area contributed by atoms with Crippen LogP contribution in [-0.4, -0.2) is 43.9 Å². The summed E-state index contributed by atoms with van der Waals surface area (Å²) in [7, 11) is 0. The molecule has 8 heteroatoms. The number of rotatable bonds is 9. The predicted octanol–water partition coefficient (Wildman–Crippen LogP) is 3.99. The van der Waals surface area contributed by atoms with Crippen LogP contribution >= 0.6 is 11.3 Å². The van der Waals surface area contributed by atoms with Gasteiger partial charge in [-0.2, -0.15) is 0 Å². The largest absolute Gasteiger partial charge is 0.490 e. The van der Waals surface area contributed by atoms with E-state index in [4.69, 9.17) is 19.2 Å². The summed E-state index contributed by atoms with van der Waals surface area (Å²) >= 11 is 1.67. The molecular weight excluding hydrogens is 400 g/mol. The van der Waals surface area contributed by atoms with Crippen molar-refractivity contribution in [2.75, 3.05) is 38.3 Å². The predicted molar refractivity (Wildman–Crippen MR) is 120 cm³/mol. The van der Waals surface area contributed by atoms with Crippen LogP contribution in [-0.2, 0) is 11.3 Å². The van der Waals surface area contributed by atoms with Gasteiger partial charge in [0.15, 0.2) is 17.5 Å². The van der Waals surface area contributed by atoms with Gasteiger partial charge in [0, 0.05) is 49.0 Å². The third-order valence-corrected chi connectivity index (χ3v) is 5.78. The second-order valence-corrected chi connectivity index (χ2v) is 8.97.